The molecule has 0 aromatic rings. The first-order valence-corrected chi connectivity index (χ1v) is 11.4. The smallest absolute Gasteiger partial charge is 0.243 e. The van der Waals surface area contributed by atoms with E-state index in [1.165, 1.54) is 19.3 Å². The number of carbonyl (C=O) groups excluding carboxylic acids is 2. The maximum absolute atomic E-state index is 12.7. The van der Waals surface area contributed by atoms with E-state index in [0.29, 0.717) is 11.9 Å². The summed E-state index contributed by atoms with van der Waals surface area (Å²) in [6, 6.07) is 0.188. The Morgan fingerprint density at radius 1 is 1.19 bits per heavy atom. The number of amides is 2. The number of likely N-dealkylation sites (tertiary alicyclic amines) is 1. The predicted octanol–water partition coefficient (Wildman–Crippen LogP) is 1.15. The Morgan fingerprint density at radius 3 is 2.59 bits per heavy atom. The molecule has 2 N–H and O–H groups in total. The topological polar surface area (TPSA) is 77.0 Å². The fraction of sp³-hybridized carbons (Fsp3) is 0.842. The van der Waals surface area contributed by atoms with Crippen LogP contribution in [0.3, 0.4) is 0 Å². The number of nitrogens with one attached hydrogen (secondary N) is 2. The van der Waals surface area contributed by atoms with Gasteiger partial charge in [-0.3, -0.25) is 9.59 Å². The SMILES string of the molecule is CSCCNC(=NCC(=O)N(C)C)NC1CCN(C(=O)C2CCCCC2)C1. The van der Waals surface area contributed by atoms with Gasteiger partial charge in [-0.05, 0) is 25.5 Å². The molecule has 1 atom stereocenters. The highest BCUT2D eigenvalue weighted by Crippen LogP contribution is 2.26. The van der Waals surface area contributed by atoms with Gasteiger partial charge in [0.25, 0.3) is 0 Å². The third-order valence-electron chi connectivity index (χ3n) is 5.27. The second-order valence-corrected chi connectivity index (χ2v) is 8.61. The molecular weight excluding hydrogens is 362 g/mol. The van der Waals surface area contributed by atoms with Gasteiger partial charge in [0.15, 0.2) is 5.96 Å². The molecule has 2 fully saturated rings. The molecular formula is C19H35N5O2S. The molecule has 2 aliphatic rings. The Morgan fingerprint density at radius 2 is 1.93 bits per heavy atom. The zero-order chi connectivity index (χ0) is 19.6. The number of guanidine groups is 1. The Labute approximate surface area is 167 Å². The summed E-state index contributed by atoms with van der Waals surface area (Å²) >= 11 is 1.76. The second-order valence-electron chi connectivity index (χ2n) is 7.62. The van der Waals surface area contributed by atoms with Crippen LogP contribution in [0.15, 0.2) is 4.99 Å². The number of rotatable bonds is 7. The quantitative estimate of drug-likeness (QED) is 0.383. The van der Waals surface area contributed by atoms with Gasteiger partial charge >= 0.3 is 0 Å². The van der Waals surface area contributed by atoms with Gasteiger partial charge in [-0.2, -0.15) is 11.8 Å². The Kier molecular flexibility index (Phi) is 9.24. The summed E-state index contributed by atoms with van der Waals surface area (Å²) in [5.41, 5.74) is 0. The molecule has 0 aromatic heterocycles. The zero-order valence-electron chi connectivity index (χ0n) is 17.0. The number of aliphatic imine (C=N–C) groups is 1. The fourth-order valence-corrected chi connectivity index (χ4v) is 3.90. The Hall–Kier alpha value is -1.44. The normalized spacial score (nSPS) is 21.2. The van der Waals surface area contributed by atoms with Crippen molar-refractivity contribution in [1.29, 1.82) is 0 Å². The minimum absolute atomic E-state index is 0.0264. The van der Waals surface area contributed by atoms with Crippen molar-refractivity contribution in [3.63, 3.8) is 0 Å². The average molecular weight is 398 g/mol. The van der Waals surface area contributed by atoms with Crippen LogP contribution in [-0.2, 0) is 9.59 Å². The Bertz CT molecular complexity index is 520. The molecule has 1 aliphatic heterocycles. The van der Waals surface area contributed by atoms with Gasteiger partial charge in [-0.1, -0.05) is 19.3 Å². The van der Waals surface area contributed by atoms with E-state index in [0.717, 1.165) is 44.6 Å². The van der Waals surface area contributed by atoms with Crippen molar-refractivity contribution in [1.82, 2.24) is 20.4 Å². The molecule has 1 saturated heterocycles. The highest BCUT2D eigenvalue weighted by molar-refractivity contribution is 7.98. The van der Waals surface area contributed by atoms with E-state index in [-0.39, 0.29) is 24.4 Å². The van der Waals surface area contributed by atoms with E-state index in [9.17, 15) is 9.59 Å². The van der Waals surface area contributed by atoms with Gasteiger partial charge in [-0.25, -0.2) is 4.99 Å². The van der Waals surface area contributed by atoms with Gasteiger partial charge in [-0.15, -0.1) is 0 Å². The van der Waals surface area contributed by atoms with Crippen molar-refractivity contribution < 1.29 is 9.59 Å². The molecule has 1 unspecified atom stereocenters. The van der Waals surface area contributed by atoms with E-state index in [1.54, 1.807) is 30.8 Å². The number of hydrogen-bond acceptors (Lipinski definition) is 4. The highest BCUT2D eigenvalue weighted by Gasteiger charge is 2.31. The fourth-order valence-electron chi connectivity index (χ4n) is 3.59. The minimum Gasteiger partial charge on any atom is -0.356 e. The summed E-state index contributed by atoms with van der Waals surface area (Å²) in [6.45, 7) is 2.45. The van der Waals surface area contributed by atoms with E-state index < -0.39 is 0 Å². The van der Waals surface area contributed by atoms with Gasteiger partial charge in [0, 0.05) is 51.4 Å². The number of likely N-dealkylation sites (N-methyl/N-ethyl adjacent to an activating group) is 1. The third-order valence-corrected chi connectivity index (χ3v) is 5.88. The molecule has 1 saturated carbocycles. The van der Waals surface area contributed by atoms with Gasteiger partial charge in [0.05, 0.1) is 0 Å². The minimum atomic E-state index is -0.0264. The first-order valence-electron chi connectivity index (χ1n) is 10.0. The molecule has 27 heavy (non-hydrogen) atoms. The zero-order valence-corrected chi connectivity index (χ0v) is 17.8. The van der Waals surface area contributed by atoms with E-state index in [2.05, 4.69) is 21.9 Å². The molecule has 0 spiro atoms. The molecule has 7 nitrogen and oxygen atoms in total. The highest BCUT2D eigenvalue weighted by atomic mass is 32.2. The molecule has 0 bridgehead atoms. The van der Waals surface area contributed by atoms with Gasteiger partial charge in [0.2, 0.25) is 11.8 Å². The van der Waals surface area contributed by atoms with Crippen LogP contribution in [-0.4, -0.2) is 85.9 Å². The summed E-state index contributed by atoms with van der Waals surface area (Å²) in [6.07, 6.45) is 8.70. The first-order chi connectivity index (χ1) is 13.0. The lowest BCUT2D eigenvalue weighted by Gasteiger charge is -2.26. The summed E-state index contributed by atoms with van der Waals surface area (Å²) < 4.78 is 0. The standard InChI is InChI=1S/C19H35N5O2S/c1-23(2)17(25)13-21-19(20-10-12-27-3)22-16-9-11-24(14-16)18(26)15-7-5-4-6-8-15/h15-16H,4-14H2,1-3H3,(H2,20,21,22). The summed E-state index contributed by atoms with van der Waals surface area (Å²) in [5, 5.41) is 6.72. The molecule has 2 rings (SSSR count). The van der Waals surface area contributed by atoms with Gasteiger partial charge in [0.1, 0.15) is 6.54 Å². The van der Waals surface area contributed by atoms with Crippen LogP contribution in [0.25, 0.3) is 0 Å². The first kappa shape index (κ1) is 21.9. The predicted molar refractivity (Wildman–Crippen MR) is 112 cm³/mol. The lowest BCUT2D eigenvalue weighted by molar-refractivity contribution is -0.135. The summed E-state index contributed by atoms with van der Waals surface area (Å²) in [7, 11) is 3.47. The van der Waals surface area contributed by atoms with Crippen LogP contribution in [0, 0.1) is 5.92 Å². The van der Waals surface area contributed by atoms with Crippen molar-refractivity contribution in [2.75, 3.05) is 52.3 Å². The monoisotopic (exact) mass is 397 g/mol. The molecule has 1 heterocycles. The number of carbonyl (C=O) groups is 2. The molecule has 8 heteroatoms. The maximum atomic E-state index is 12.7. The largest absolute Gasteiger partial charge is 0.356 e. The van der Waals surface area contributed by atoms with Crippen LogP contribution in [0.2, 0.25) is 0 Å². The summed E-state index contributed by atoms with van der Waals surface area (Å²) in [4.78, 5) is 32.6. The molecule has 154 valence electrons. The van der Waals surface area contributed by atoms with E-state index in [4.69, 9.17) is 0 Å². The lowest BCUT2D eigenvalue weighted by atomic mass is 9.88. The van der Waals surface area contributed by atoms with Crippen LogP contribution >= 0.6 is 11.8 Å². The van der Waals surface area contributed by atoms with Crippen molar-refractivity contribution in [2.24, 2.45) is 10.9 Å². The number of nitrogens with zero attached hydrogens (tertiary/aromatic N) is 3. The van der Waals surface area contributed by atoms with E-state index in [1.807, 2.05) is 4.90 Å². The Balaban J connectivity index is 1.87. The van der Waals surface area contributed by atoms with E-state index >= 15 is 0 Å². The average Bonchev–Trinajstić information content (AvgIpc) is 3.14. The maximum Gasteiger partial charge on any atom is 0.243 e. The lowest BCUT2D eigenvalue weighted by Crippen LogP contribution is -2.46. The van der Waals surface area contributed by atoms with Crippen LogP contribution in [0.4, 0.5) is 0 Å². The molecule has 2 amide bonds. The molecule has 0 radical (unpaired) electrons. The van der Waals surface area contributed by atoms with Crippen molar-refractivity contribution in [3.8, 4) is 0 Å². The van der Waals surface area contributed by atoms with Gasteiger partial charge < -0.3 is 20.4 Å². The van der Waals surface area contributed by atoms with Crippen molar-refractivity contribution >= 4 is 29.5 Å². The number of hydrogen-bond donors (Lipinski definition) is 2. The third kappa shape index (κ3) is 7.24. The number of thioether (sulfide) groups is 1. The van der Waals surface area contributed by atoms with Crippen molar-refractivity contribution in [2.45, 2.75) is 44.6 Å². The molecule has 1 aliphatic carbocycles. The summed E-state index contributed by atoms with van der Waals surface area (Å²) in [5.74, 6) is 2.16. The molecule has 0 aromatic carbocycles. The van der Waals surface area contributed by atoms with Crippen LogP contribution in [0.5, 0.6) is 0 Å². The van der Waals surface area contributed by atoms with Crippen LogP contribution < -0.4 is 10.6 Å². The second kappa shape index (κ2) is 11.4. The van der Waals surface area contributed by atoms with Crippen molar-refractivity contribution in [3.05, 3.63) is 0 Å². The van der Waals surface area contributed by atoms with Crippen LogP contribution in [0.1, 0.15) is 38.5 Å².